The number of carbonyl (C=O) groups excluding carboxylic acids is 2. The van der Waals surface area contributed by atoms with Gasteiger partial charge in [0.05, 0.1) is 5.56 Å². The molecule has 0 saturated heterocycles. The Morgan fingerprint density at radius 1 is 1.18 bits per heavy atom. The molecule has 1 aromatic carbocycles. The Bertz CT molecular complexity index is 660. The highest BCUT2D eigenvalue weighted by Crippen LogP contribution is 2.17. The van der Waals surface area contributed by atoms with Crippen LogP contribution < -0.4 is 0 Å². The van der Waals surface area contributed by atoms with Crippen LogP contribution in [0.15, 0.2) is 36.9 Å². The van der Waals surface area contributed by atoms with Crippen LogP contribution in [0.3, 0.4) is 0 Å². The van der Waals surface area contributed by atoms with E-state index < -0.39 is 23.6 Å². The third-order valence-corrected chi connectivity index (χ3v) is 2.69. The van der Waals surface area contributed by atoms with Gasteiger partial charge in [-0.25, -0.2) is 18.9 Å². The molecule has 1 heterocycles. The van der Waals surface area contributed by atoms with Crippen LogP contribution in [0.25, 0.3) is 0 Å². The van der Waals surface area contributed by atoms with Gasteiger partial charge < -0.3 is 4.74 Å². The second kappa shape index (κ2) is 6.05. The predicted octanol–water partition coefficient (Wildman–Crippen LogP) is 2.58. The largest absolute Gasteiger partial charge is 0.456 e. The van der Waals surface area contributed by atoms with Crippen molar-refractivity contribution >= 4 is 11.8 Å². The Labute approximate surface area is 126 Å². The molecule has 0 bridgehead atoms. The number of rotatable bonds is 4. The van der Waals surface area contributed by atoms with E-state index in [-0.39, 0.29) is 5.56 Å². The molecule has 0 amide bonds. The fourth-order valence-electron chi connectivity index (χ4n) is 1.70. The molecular weight excluding hydrogens is 289 g/mol. The average molecular weight is 305 g/mol. The number of ether oxygens (including phenoxy) is 1. The average Bonchev–Trinajstić information content (AvgIpc) is 2.98. The van der Waals surface area contributed by atoms with Crippen molar-refractivity contribution in [2.24, 2.45) is 0 Å². The van der Waals surface area contributed by atoms with Crippen molar-refractivity contribution in [1.82, 2.24) is 14.8 Å². The number of esters is 1. The maximum absolute atomic E-state index is 13.9. The summed E-state index contributed by atoms with van der Waals surface area (Å²) in [6, 6.07) is 5.61. The molecule has 6 nitrogen and oxygen atoms in total. The normalized spacial score (nSPS) is 12.7. The zero-order valence-electron chi connectivity index (χ0n) is 12.5. The number of alkyl halides is 1. The van der Waals surface area contributed by atoms with Crippen molar-refractivity contribution in [2.75, 3.05) is 0 Å². The van der Waals surface area contributed by atoms with Crippen molar-refractivity contribution in [3.63, 3.8) is 0 Å². The fraction of sp³-hybridized carbons (Fsp3) is 0.333. The second-order valence-corrected chi connectivity index (χ2v) is 5.65. The molecule has 0 radical (unpaired) electrons. The molecule has 22 heavy (non-hydrogen) atoms. The molecule has 116 valence electrons. The minimum absolute atomic E-state index is 0.135. The van der Waals surface area contributed by atoms with Crippen LogP contribution in [0.4, 0.5) is 4.39 Å². The van der Waals surface area contributed by atoms with Crippen molar-refractivity contribution < 1.29 is 18.7 Å². The van der Waals surface area contributed by atoms with E-state index in [1.165, 1.54) is 24.3 Å². The van der Waals surface area contributed by atoms with Crippen LogP contribution in [0, 0.1) is 0 Å². The highest BCUT2D eigenvalue weighted by atomic mass is 19.1. The van der Waals surface area contributed by atoms with Crippen LogP contribution in [0.5, 0.6) is 0 Å². The Balaban J connectivity index is 2.12. The fourth-order valence-corrected chi connectivity index (χ4v) is 1.70. The van der Waals surface area contributed by atoms with E-state index in [1.807, 2.05) is 0 Å². The number of nitrogens with zero attached hydrogens (tertiary/aromatic N) is 3. The molecule has 7 heteroatoms. The van der Waals surface area contributed by atoms with Crippen molar-refractivity contribution in [1.29, 1.82) is 0 Å². The maximum atomic E-state index is 13.9. The number of hydrogen-bond acceptors (Lipinski definition) is 5. The summed E-state index contributed by atoms with van der Waals surface area (Å²) < 4.78 is 20.0. The lowest BCUT2D eigenvalue weighted by molar-refractivity contribution is 0.00693. The summed E-state index contributed by atoms with van der Waals surface area (Å²) in [4.78, 5) is 27.4. The zero-order valence-corrected chi connectivity index (χ0v) is 12.5. The quantitative estimate of drug-likeness (QED) is 0.641. The number of hydrogen-bond donors (Lipinski definition) is 0. The molecule has 0 fully saturated rings. The molecule has 0 aliphatic carbocycles. The topological polar surface area (TPSA) is 74.1 Å². The van der Waals surface area contributed by atoms with Gasteiger partial charge in [-0.1, -0.05) is 12.1 Å². The number of carbonyl (C=O) groups is 2. The van der Waals surface area contributed by atoms with E-state index in [0.29, 0.717) is 5.56 Å². The van der Waals surface area contributed by atoms with Crippen molar-refractivity contribution in [2.45, 2.75) is 32.7 Å². The number of aromatic nitrogens is 3. The minimum Gasteiger partial charge on any atom is -0.456 e. The molecule has 1 unspecified atom stereocenters. The van der Waals surface area contributed by atoms with E-state index in [9.17, 15) is 14.0 Å². The first-order valence-corrected chi connectivity index (χ1v) is 6.64. The Hall–Kier alpha value is -2.57. The van der Waals surface area contributed by atoms with Crippen molar-refractivity contribution in [3.8, 4) is 0 Å². The van der Waals surface area contributed by atoms with E-state index in [2.05, 4.69) is 10.1 Å². The Kier molecular flexibility index (Phi) is 4.35. The molecule has 0 saturated carbocycles. The summed E-state index contributed by atoms with van der Waals surface area (Å²) >= 11 is 0. The van der Waals surface area contributed by atoms with Crippen LogP contribution >= 0.6 is 0 Å². The third kappa shape index (κ3) is 3.75. The van der Waals surface area contributed by atoms with E-state index in [0.717, 1.165) is 17.3 Å². The molecule has 1 aromatic heterocycles. The summed E-state index contributed by atoms with van der Waals surface area (Å²) in [5, 5.41) is 3.58. The SMILES string of the molecule is CC(C)(C)OC(=O)c1ccc(C(=O)C(F)n2cncn2)cc1. The molecule has 0 spiro atoms. The van der Waals surface area contributed by atoms with Crippen LogP contribution in [0.2, 0.25) is 0 Å². The first-order valence-electron chi connectivity index (χ1n) is 6.64. The number of benzene rings is 1. The minimum atomic E-state index is -1.95. The highest BCUT2D eigenvalue weighted by Gasteiger charge is 2.22. The highest BCUT2D eigenvalue weighted by molar-refractivity contribution is 5.99. The van der Waals surface area contributed by atoms with Gasteiger partial charge in [0.15, 0.2) is 0 Å². The summed E-state index contributed by atoms with van der Waals surface area (Å²) in [5.41, 5.74) is -0.180. The smallest absolute Gasteiger partial charge is 0.338 e. The summed E-state index contributed by atoms with van der Waals surface area (Å²) in [6.07, 6.45) is 0.318. The molecule has 0 N–H and O–H groups in total. The first kappa shape index (κ1) is 15.8. The predicted molar refractivity (Wildman–Crippen MR) is 76.1 cm³/mol. The van der Waals surface area contributed by atoms with E-state index in [4.69, 9.17) is 4.74 Å². The standard InChI is InChI=1S/C15H16FN3O3/c1-15(2,3)22-14(21)11-6-4-10(5-7-11)12(20)13(16)19-9-17-8-18-19/h4-9,13H,1-3H3. The summed E-state index contributed by atoms with van der Waals surface area (Å²) in [5.74, 6) is -1.26. The van der Waals surface area contributed by atoms with Gasteiger partial charge in [0.1, 0.15) is 18.3 Å². The molecular formula is C15H16FN3O3. The van der Waals surface area contributed by atoms with Gasteiger partial charge >= 0.3 is 5.97 Å². The Morgan fingerprint density at radius 3 is 2.27 bits per heavy atom. The van der Waals surface area contributed by atoms with E-state index in [1.54, 1.807) is 20.8 Å². The maximum Gasteiger partial charge on any atom is 0.338 e. The van der Waals surface area contributed by atoms with Gasteiger partial charge in [-0.2, -0.15) is 5.10 Å². The van der Waals surface area contributed by atoms with Gasteiger partial charge in [-0.3, -0.25) is 4.79 Å². The van der Waals surface area contributed by atoms with Crippen LogP contribution in [-0.4, -0.2) is 32.1 Å². The van der Waals surface area contributed by atoms with Crippen LogP contribution in [0.1, 0.15) is 47.8 Å². The van der Waals surface area contributed by atoms with Crippen LogP contribution in [-0.2, 0) is 4.74 Å². The van der Waals surface area contributed by atoms with Gasteiger partial charge in [-0.05, 0) is 32.9 Å². The number of halogens is 1. The molecule has 0 aliphatic heterocycles. The zero-order chi connectivity index (χ0) is 16.3. The molecule has 0 aliphatic rings. The Morgan fingerprint density at radius 2 is 1.77 bits per heavy atom. The number of ketones is 1. The lowest BCUT2D eigenvalue weighted by Crippen LogP contribution is -2.24. The number of Topliss-reactive ketones (excluding diaryl/α,β-unsaturated/α-hetero) is 1. The lowest BCUT2D eigenvalue weighted by atomic mass is 10.1. The second-order valence-electron chi connectivity index (χ2n) is 5.65. The summed E-state index contributed by atoms with van der Waals surface area (Å²) in [7, 11) is 0. The van der Waals surface area contributed by atoms with Gasteiger partial charge in [0, 0.05) is 5.56 Å². The monoisotopic (exact) mass is 305 g/mol. The van der Waals surface area contributed by atoms with Gasteiger partial charge in [0.25, 0.3) is 6.30 Å². The van der Waals surface area contributed by atoms with Gasteiger partial charge in [-0.15, -0.1) is 0 Å². The molecule has 2 rings (SSSR count). The van der Waals surface area contributed by atoms with E-state index >= 15 is 0 Å². The third-order valence-electron chi connectivity index (χ3n) is 2.69. The van der Waals surface area contributed by atoms with Crippen molar-refractivity contribution in [3.05, 3.63) is 48.0 Å². The first-order chi connectivity index (χ1) is 10.3. The summed E-state index contributed by atoms with van der Waals surface area (Å²) in [6.45, 7) is 5.28. The molecule has 2 aromatic rings. The van der Waals surface area contributed by atoms with Gasteiger partial charge in [0.2, 0.25) is 5.78 Å². The molecule has 1 atom stereocenters. The lowest BCUT2D eigenvalue weighted by Gasteiger charge is -2.19.